The summed E-state index contributed by atoms with van der Waals surface area (Å²) in [7, 11) is 0. The fourth-order valence-corrected chi connectivity index (χ4v) is 6.31. The third kappa shape index (κ3) is 3.09. The summed E-state index contributed by atoms with van der Waals surface area (Å²) in [6.07, 6.45) is 7.09. The minimum atomic E-state index is 0.0634. The molecule has 0 saturated carbocycles. The molecule has 0 aromatic heterocycles. The van der Waals surface area contributed by atoms with Crippen molar-refractivity contribution in [3.05, 3.63) is 113 Å². The Morgan fingerprint density at radius 1 is 0.742 bits per heavy atom. The lowest BCUT2D eigenvalue weighted by Crippen LogP contribution is -2.59. The van der Waals surface area contributed by atoms with E-state index in [0.29, 0.717) is 5.92 Å². The first kappa shape index (κ1) is 19.0. The van der Waals surface area contributed by atoms with E-state index >= 15 is 0 Å². The zero-order valence-corrected chi connectivity index (χ0v) is 18.1. The van der Waals surface area contributed by atoms with Gasteiger partial charge >= 0.3 is 0 Å². The molecule has 156 valence electrons. The first-order valence-electron chi connectivity index (χ1n) is 11.7. The van der Waals surface area contributed by atoms with E-state index in [-0.39, 0.29) is 5.54 Å². The van der Waals surface area contributed by atoms with Crippen molar-refractivity contribution in [3.63, 3.8) is 0 Å². The van der Waals surface area contributed by atoms with Gasteiger partial charge in [-0.3, -0.25) is 9.80 Å². The Bertz CT molecular complexity index is 1040. The molecule has 0 atom stereocenters. The summed E-state index contributed by atoms with van der Waals surface area (Å²) < 4.78 is 0. The van der Waals surface area contributed by atoms with Gasteiger partial charge in [0.25, 0.3) is 0 Å². The molecular weight excluding hydrogens is 376 g/mol. The van der Waals surface area contributed by atoms with Crippen molar-refractivity contribution in [1.82, 2.24) is 9.80 Å². The molecular formula is C29H30N2. The maximum Gasteiger partial charge on any atom is 0.0722 e. The van der Waals surface area contributed by atoms with E-state index in [9.17, 15) is 0 Å². The smallest absolute Gasteiger partial charge is 0.0722 e. The second kappa shape index (κ2) is 7.78. The van der Waals surface area contributed by atoms with Crippen molar-refractivity contribution in [2.75, 3.05) is 32.7 Å². The molecule has 2 bridgehead atoms. The molecule has 0 spiro atoms. The fourth-order valence-electron chi connectivity index (χ4n) is 6.31. The van der Waals surface area contributed by atoms with E-state index in [2.05, 4.69) is 101 Å². The van der Waals surface area contributed by atoms with Crippen LogP contribution in [-0.2, 0) is 5.54 Å². The van der Waals surface area contributed by atoms with Crippen LogP contribution in [0.4, 0.5) is 0 Å². The van der Waals surface area contributed by atoms with Gasteiger partial charge in [-0.25, -0.2) is 0 Å². The predicted molar refractivity (Wildman–Crippen MR) is 128 cm³/mol. The van der Waals surface area contributed by atoms with Crippen LogP contribution in [0.3, 0.4) is 0 Å². The van der Waals surface area contributed by atoms with Crippen LogP contribution >= 0.6 is 0 Å². The lowest BCUT2D eigenvalue weighted by atomic mass is 9.58. The van der Waals surface area contributed by atoms with Gasteiger partial charge in [0, 0.05) is 38.6 Å². The van der Waals surface area contributed by atoms with Gasteiger partial charge in [-0.15, -0.1) is 0 Å². The van der Waals surface area contributed by atoms with Crippen molar-refractivity contribution >= 4 is 6.08 Å². The Morgan fingerprint density at radius 3 is 2.03 bits per heavy atom. The standard InChI is InChI=1S/C29H30N2/c1-2-9-23(10-3-1)11-8-18-30-19-21-31(22-20-30)29-17-16-24(25-12-4-6-14-27(25)29)26-13-5-7-15-28(26)29/h1-15,24H,16-22H2. The van der Waals surface area contributed by atoms with Crippen LogP contribution in [0.2, 0.25) is 0 Å². The largest absolute Gasteiger partial charge is 0.297 e. The number of fused-ring (bicyclic) bond motifs is 1. The molecule has 1 saturated heterocycles. The highest BCUT2D eigenvalue weighted by atomic mass is 15.3. The molecule has 0 amide bonds. The highest BCUT2D eigenvalue weighted by molar-refractivity contribution is 5.58. The van der Waals surface area contributed by atoms with Crippen LogP contribution in [0.1, 0.15) is 46.6 Å². The molecule has 0 N–H and O–H groups in total. The number of hydrogen-bond acceptors (Lipinski definition) is 2. The molecule has 0 unspecified atom stereocenters. The molecule has 1 heterocycles. The Balaban J connectivity index is 1.24. The van der Waals surface area contributed by atoms with Gasteiger partial charge in [0.2, 0.25) is 0 Å². The molecule has 7 rings (SSSR count). The third-order valence-corrected chi connectivity index (χ3v) is 7.74. The molecule has 2 heteroatoms. The van der Waals surface area contributed by atoms with Gasteiger partial charge < -0.3 is 0 Å². The lowest BCUT2D eigenvalue weighted by Gasteiger charge is -2.56. The average Bonchev–Trinajstić information content (AvgIpc) is 2.85. The van der Waals surface area contributed by atoms with E-state index in [0.717, 1.165) is 32.7 Å². The van der Waals surface area contributed by atoms with Crippen molar-refractivity contribution < 1.29 is 0 Å². The second-order valence-electron chi connectivity index (χ2n) is 9.23. The highest BCUT2D eigenvalue weighted by Crippen LogP contribution is 2.57. The summed E-state index contributed by atoms with van der Waals surface area (Å²) >= 11 is 0. The van der Waals surface area contributed by atoms with Gasteiger partial charge in [-0.1, -0.05) is 91.0 Å². The van der Waals surface area contributed by atoms with Gasteiger partial charge in [-0.05, 0) is 40.7 Å². The molecule has 2 nitrogen and oxygen atoms in total. The zero-order chi connectivity index (χ0) is 20.7. The van der Waals surface area contributed by atoms with Crippen molar-refractivity contribution in [2.24, 2.45) is 0 Å². The summed E-state index contributed by atoms with van der Waals surface area (Å²) in [4.78, 5) is 5.40. The van der Waals surface area contributed by atoms with Gasteiger partial charge in [0.15, 0.2) is 0 Å². The molecule has 3 aromatic carbocycles. The number of rotatable bonds is 4. The van der Waals surface area contributed by atoms with Crippen molar-refractivity contribution in [2.45, 2.75) is 24.3 Å². The van der Waals surface area contributed by atoms with E-state index in [1.165, 1.54) is 18.4 Å². The quantitative estimate of drug-likeness (QED) is 0.564. The van der Waals surface area contributed by atoms with E-state index < -0.39 is 0 Å². The first-order chi connectivity index (χ1) is 15.4. The zero-order valence-electron chi connectivity index (χ0n) is 18.1. The molecule has 1 aliphatic heterocycles. The van der Waals surface area contributed by atoms with Crippen LogP contribution in [0.15, 0.2) is 84.9 Å². The van der Waals surface area contributed by atoms with E-state index in [4.69, 9.17) is 0 Å². The van der Waals surface area contributed by atoms with Crippen LogP contribution in [0.5, 0.6) is 0 Å². The minimum absolute atomic E-state index is 0.0634. The van der Waals surface area contributed by atoms with Crippen molar-refractivity contribution in [1.29, 1.82) is 0 Å². The fraction of sp³-hybridized carbons (Fsp3) is 0.310. The summed E-state index contributed by atoms with van der Waals surface area (Å²) in [5, 5.41) is 0. The average molecular weight is 407 g/mol. The van der Waals surface area contributed by atoms with Gasteiger partial charge in [-0.2, -0.15) is 0 Å². The minimum Gasteiger partial charge on any atom is -0.297 e. The molecule has 1 fully saturated rings. The summed E-state index contributed by atoms with van der Waals surface area (Å²) in [6.45, 7) is 5.56. The van der Waals surface area contributed by atoms with Crippen LogP contribution in [0, 0.1) is 0 Å². The maximum atomic E-state index is 2.80. The highest BCUT2D eigenvalue weighted by Gasteiger charge is 2.51. The summed E-state index contributed by atoms with van der Waals surface area (Å²) in [6, 6.07) is 29.2. The van der Waals surface area contributed by atoms with E-state index in [1.54, 1.807) is 22.3 Å². The Hall–Kier alpha value is -2.68. The Labute approximate surface area is 185 Å². The van der Waals surface area contributed by atoms with Crippen molar-refractivity contribution in [3.8, 4) is 0 Å². The molecule has 0 radical (unpaired) electrons. The number of hydrogen-bond donors (Lipinski definition) is 0. The van der Waals surface area contributed by atoms with Gasteiger partial charge in [0.05, 0.1) is 5.54 Å². The lowest BCUT2D eigenvalue weighted by molar-refractivity contribution is 0.0385. The molecule has 4 aliphatic rings. The van der Waals surface area contributed by atoms with Gasteiger partial charge in [0.1, 0.15) is 0 Å². The van der Waals surface area contributed by atoms with E-state index in [1.807, 2.05) is 0 Å². The molecule has 3 aromatic rings. The second-order valence-corrected chi connectivity index (χ2v) is 9.23. The topological polar surface area (TPSA) is 6.48 Å². The van der Waals surface area contributed by atoms with Crippen LogP contribution < -0.4 is 0 Å². The normalized spacial score (nSPS) is 25.5. The summed E-state index contributed by atoms with van der Waals surface area (Å²) in [5.74, 6) is 0.582. The predicted octanol–water partition coefficient (Wildman–Crippen LogP) is 5.50. The SMILES string of the molecule is C(=Cc1ccccc1)CN1CCN(C23CCC(c4ccccc42)c2ccccc23)CC1. The summed E-state index contributed by atoms with van der Waals surface area (Å²) in [5.41, 5.74) is 7.63. The molecule has 31 heavy (non-hydrogen) atoms. The third-order valence-electron chi connectivity index (χ3n) is 7.74. The number of benzene rings is 3. The van der Waals surface area contributed by atoms with Crippen LogP contribution in [-0.4, -0.2) is 42.5 Å². The monoisotopic (exact) mass is 406 g/mol. The maximum absolute atomic E-state index is 2.80. The molecule has 3 aliphatic carbocycles. The Kier molecular flexibility index (Phi) is 4.78. The first-order valence-corrected chi connectivity index (χ1v) is 11.7. The van der Waals surface area contributed by atoms with Crippen LogP contribution in [0.25, 0.3) is 6.08 Å². The number of piperazine rings is 1. The Morgan fingerprint density at radius 2 is 1.35 bits per heavy atom. The number of nitrogens with zero attached hydrogens (tertiary/aromatic N) is 2.